The van der Waals surface area contributed by atoms with Gasteiger partial charge in [0.25, 0.3) is 5.91 Å². The van der Waals surface area contributed by atoms with Crippen molar-refractivity contribution in [2.24, 2.45) is 0 Å². The first-order valence-corrected chi connectivity index (χ1v) is 6.17. The molecule has 1 rings (SSSR count). The van der Waals surface area contributed by atoms with Crippen LogP contribution in [0.5, 0.6) is 0 Å². The number of alkyl halides is 2. The molecule has 0 radical (unpaired) electrons. The van der Waals surface area contributed by atoms with Crippen molar-refractivity contribution in [1.82, 2.24) is 5.32 Å². The summed E-state index contributed by atoms with van der Waals surface area (Å²) in [5.41, 5.74) is 1.32. The van der Waals surface area contributed by atoms with Crippen LogP contribution in [0, 0.1) is 0 Å². The van der Waals surface area contributed by atoms with Crippen molar-refractivity contribution in [3.05, 3.63) is 35.9 Å². The second-order valence-corrected chi connectivity index (χ2v) is 4.63. The van der Waals surface area contributed by atoms with E-state index >= 15 is 0 Å². The second-order valence-electron chi connectivity index (χ2n) is 3.53. The number of benzene rings is 1. The zero-order chi connectivity index (χ0) is 11.8. The van der Waals surface area contributed by atoms with E-state index in [1.165, 1.54) is 5.56 Å². The van der Waals surface area contributed by atoms with Gasteiger partial charge in [-0.3, -0.25) is 4.79 Å². The molecule has 1 amide bonds. The second kappa shape index (κ2) is 7.53. The molecule has 0 aliphatic rings. The van der Waals surface area contributed by atoms with Gasteiger partial charge < -0.3 is 5.32 Å². The smallest absolute Gasteiger partial charge is 0.253 e. The van der Waals surface area contributed by atoms with E-state index in [9.17, 15) is 4.79 Å². The van der Waals surface area contributed by atoms with Gasteiger partial charge in [0.15, 0.2) is 4.84 Å². The van der Waals surface area contributed by atoms with Crippen LogP contribution in [-0.2, 0) is 11.2 Å². The van der Waals surface area contributed by atoms with Crippen molar-refractivity contribution < 1.29 is 4.79 Å². The first-order valence-electron chi connectivity index (χ1n) is 5.30. The number of nitrogens with one attached hydrogen (secondary N) is 1. The lowest BCUT2D eigenvalue weighted by Crippen LogP contribution is -2.29. The third-order valence-corrected chi connectivity index (χ3v) is 2.63. The van der Waals surface area contributed by atoms with Gasteiger partial charge in [0, 0.05) is 6.54 Å². The highest BCUT2D eigenvalue weighted by molar-refractivity contribution is 6.53. The average molecular weight is 260 g/mol. The topological polar surface area (TPSA) is 29.1 Å². The van der Waals surface area contributed by atoms with Gasteiger partial charge in [-0.25, -0.2) is 0 Å². The Morgan fingerprint density at radius 2 is 1.88 bits per heavy atom. The minimum atomic E-state index is -0.964. The third kappa shape index (κ3) is 5.38. The highest BCUT2D eigenvalue weighted by Gasteiger charge is 2.09. The zero-order valence-corrected chi connectivity index (χ0v) is 10.5. The van der Waals surface area contributed by atoms with Crippen LogP contribution in [0.4, 0.5) is 0 Å². The molecule has 0 aromatic heterocycles. The largest absolute Gasteiger partial charge is 0.354 e. The Hall–Kier alpha value is -0.730. The number of carbonyl (C=O) groups excluding carboxylic acids is 1. The summed E-state index contributed by atoms with van der Waals surface area (Å²) in [5.74, 6) is -0.317. The Labute approximate surface area is 106 Å². The lowest BCUT2D eigenvalue weighted by Gasteiger charge is -2.05. The van der Waals surface area contributed by atoms with Crippen molar-refractivity contribution in [3.63, 3.8) is 0 Å². The molecular weight excluding hydrogens is 245 g/mol. The maximum Gasteiger partial charge on any atom is 0.253 e. The number of aryl methyl sites for hydroxylation is 1. The number of rotatable bonds is 6. The van der Waals surface area contributed by atoms with E-state index in [4.69, 9.17) is 23.2 Å². The van der Waals surface area contributed by atoms with Gasteiger partial charge in [0.2, 0.25) is 0 Å². The SMILES string of the molecule is O=C(NCCCCc1ccccc1)C(Cl)Cl. The predicted octanol–water partition coefficient (Wildman–Crippen LogP) is 2.93. The maximum atomic E-state index is 11.0. The number of hydrogen-bond donors (Lipinski definition) is 1. The van der Waals surface area contributed by atoms with Crippen molar-refractivity contribution >= 4 is 29.1 Å². The molecule has 4 heteroatoms. The molecule has 0 spiro atoms. The van der Waals surface area contributed by atoms with Crippen LogP contribution < -0.4 is 5.32 Å². The molecule has 0 saturated heterocycles. The Morgan fingerprint density at radius 1 is 1.19 bits per heavy atom. The molecule has 1 N–H and O–H groups in total. The molecule has 1 aromatic rings. The summed E-state index contributed by atoms with van der Waals surface area (Å²) in [6.45, 7) is 0.627. The molecular formula is C12H15Cl2NO. The van der Waals surface area contributed by atoms with E-state index in [1.807, 2.05) is 18.2 Å². The molecule has 88 valence electrons. The first-order chi connectivity index (χ1) is 7.70. The highest BCUT2D eigenvalue weighted by Crippen LogP contribution is 2.04. The lowest BCUT2D eigenvalue weighted by atomic mass is 10.1. The van der Waals surface area contributed by atoms with Gasteiger partial charge in [-0.05, 0) is 24.8 Å². The quantitative estimate of drug-likeness (QED) is 0.618. The normalized spacial score (nSPS) is 10.4. The molecule has 0 saturated carbocycles. The van der Waals surface area contributed by atoms with E-state index in [0.29, 0.717) is 6.54 Å². The standard InChI is InChI=1S/C12H15Cl2NO/c13-11(14)12(16)15-9-5-4-8-10-6-2-1-3-7-10/h1-3,6-7,11H,4-5,8-9H2,(H,15,16). The van der Waals surface area contributed by atoms with Crippen LogP contribution in [-0.4, -0.2) is 17.3 Å². The van der Waals surface area contributed by atoms with E-state index < -0.39 is 4.84 Å². The third-order valence-electron chi connectivity index (χ3n) is 2.23. The van der Waals surface area contributed by atoms with E-state index in [-0.39, 0.29) is 5.91 Å². The van der Waals surface area contributed by atoms with Crippen molar-refractivity contribution in [2.75, 3.05) is 6.54 Å². The van der Waals surface area contributed by atoms with Gasteiger partial charge in [-0.2, -0.15) is 0 Å². The zero-order valence-electron chi connectivity index (χ0n) is 8.96. The molecule has 16 heavy (non-hydrogen) atoms. The van der Waals surface area contributed by atoms with Crippen LogP contribution in [0.1, 0.15) is 18.4 Å². The van der Waals surface area contributed by atoms with Crippen molar-refractivity contribution in [1.29, 1.82) is 0 Å². The molecule has 0 aliphatic carbocycles. The van der Waals surface area contributed by atoms with Gasteiger partial charge in [0.05, 0.1) is 0 Å². The number of hydrogen-bond acceptors (Lipinski definition) is 1. The summed E-state index contributed by atoms with van der Waals surface area (Å²) in [4.78, 5) is 10.0. The Morgan fingerprint density at radius 3 is 2.50 bits per heavy atom. The molecule has 2 nitrogen and oxygen atoms in total. The summed E-state index contributed by atoms with van der Waals surface area (Å²) in [6.07, 6.45) is 3.00. The average Bonchev–Trinajstić information content (AvgIpc) is 2.29. The fourth-order valence-corrected chi connectivity index (χ4v) is 1.54. The summed E-state index contributed by atoms with van der Waals surface area (Å²) in [7, 11) is 0. The van der Waals surface area contributed by atoms with Crippen LogP contribution in [0.25, 0.3) is 0 Å². The number of halogens is 2. The van der Waals surface area contributed by atoms with Gasteiger partial charge in [-0.1, -0.05) is 53.5 Å². The lowest BCUT2D eigenvalue weighted by molar-refractivity contribution is -0.119. The predicted molar refractivity (Wildman–Crippen MR) is 67.9 cm³/mol. The fourth-order valence-electron chi connectivity index (χ4n) is 1.39. The molecule has 0 aliphatic heterocycles. The molecule has 0 fully saturated rings. The van der Waals surface area contributed by atoms with Gasteiger partial charge in [-0.15, -0.1) is 0 Å². The summed E-state index contributed by atoms with van der Waals surface area (Å²) in [6, 6.07) is 10.3. The van der Waals surface area contributed by atoms with Crippen molar-refractivity contribution in [3.8, 4) is 0 Å². The van der Waals surface area contributed by atoms with E-state index in [1.54, 1.807) is 0 Å². The molecule has 0 atom stereocenters. The molecule has 0 bridgehead atoms. The van der Waals surface area contributed by atoms with Crippen LogP contribution in [0.3, 0.4) is 0 Å². The summed E-state index contributed by atoms with van der Waals surface area (Å²) >= 11 is 10.8. The molecule has 1 aromatic carbocycles. The maximum absolute atomic E-state index is 11.0. The summed E-state index contributed by atoms with van der Waals surface area (Å²) in [5, 5.41) is 2.67. The van der Waals surface area contributed by atoms with Crippen LogP contribution in [0.15, 0.2) is 30.3 Å². The monoisotopic (exact) mass is 259 g/mol. The molecule has 0 unspecified atom stereocenters. The number of unbranched alkanes of at least 4 members (excludes halogenated alkanes) is 1. The molecule has 0 heterocycles. The van der Waals surface area contributed by atoms with Gasteiger partial charge in [0.1, 0.15) is 0 Å². The van der Waals surface area contributed by atoms with Crippen LogP contribution >= 0.6 is 23.2 Å². The van der Waals surface area contributed by atoms with Crippen molar-refractivity contribution in [2.45, 2.75) is 24.1 Å². The highest BCUT2D eigenvalue weighted by atomic mass is 35.5. The van der Waals surface area contributed by atoms with Crippen LogP contribution in [0.2, 0.25) is 0 Å². The fraction of sp³-hybridized carbons (Fsp3) is 0.417. The van der Waals surface area contributed by atoms with Gasteiger partial charge >= 0.3 is 0 Å². The summed E-state index contributed by atoms with van der Waals surface area (Å²) < 4.78 is 0. The number of carbonyl (C=O) groups is 1. The number of amides is 1. The van der Waals surface area contributed by atoms with E-state index in [2.05, 4.69) is 17.4 Å². The Balaban J connectivity index is 2.07. The minimum absolute atomic E-state index is 0.317. The Kier molecular flexibility index (Phi) is 6.27. The first kappa shape index (κ1) is 13.3. The van der Waals surface area contributed by atoms with E-state index in [0.717, 1.165) is 19.3 Å². The minimum Gasteiger partial charge on any atom is -0.354 e. The Bertz CT molecular complexity index is 314.